The number of amides is 1. The molecule has 1 amide bonds. The highest BCUT2D eigenvalue weighted by molar-refractivity contribution is 5.77. The number of nitrogens with zero attached hydrogens (tertiary/aromatic N) is 2. The third-order valence-corrected chi connectivity index (χ3v) is 1.87. The molecule has 0 unspecified atom stereocenters. The molecule has 0 aromatic heterocycles. The Balaban J connectivity index is 3.43. The van der Waals surface area contributed by atoms with E-state index in [4.69, 9.17) is 10.00 Å². The highest BCUT2D eigenvalue weighted by Crippen LogP contribution is 1.86. The van der Waals surface area contributed by atoms with E-state index in [1.807, 2.05) is 18.0 Å². The second-order valence-corrected chi connectivity index (χ2v) is 3.34. The summed E-state index contributed by atoms with van der Waals surface area (Å²) >= 11 is 0. The summed E-state index contributed by atoms with van der Waals surface area (Å²) in [5.74, 6) is -0.00783. The van der Waals surface area contributed by atoms with Gasteiger partial charge >= 0.3 is 0 Å². The molecular weight excluding hydrogens is 194 g/mol. The third-order valence-electron chi connectivity index (χ3n) is 1.87. The molecule has 0 aromatic carbocycles. The number of ether oxygens (including phenoxy) is 1. The van der Waals surface area contributed by atoms with E-state index in [1.54, 1.807) is 7.11 Å². The van der Waals surface area contributed by atoms with Crippen molar-refractivity contribution in [3.05, 3.63) is 0 Å². The Morgan fingerprint density at radius 2 is 2.33 bits per heavy atom. The van der Waals surface area contributed by atoms with Gasteiger partial charge in [0.15, 0.2) is 0 Å². The number of nitriles is 1. The van der Waals surface area contributed by atoms with Gasteiger partial charge in [0, 0.05) is 33.2 Å². The second kappa shape index (κ2) is 9.44. The fourth-order valence-corrected chi connectivity index (χ4v) is 1.07. The summed E-state index contributed by atoms with van der Waals surface area (Å²) < 4.78 is 4.86. The monoisotopic (exact) mass is 213 g/mol. The van der Waals surface area contributed by atoms with Crippen molar-refractivity contribution in [3.8, 4) is 6.07 Å². The van der Waals surface area contributed by atoms with Crippen LogP contribution in [-0.2, 0) is 9.53 Å². The van der Waals surface area contributed by atoms with Crippen LogP contribution in [0.2, 0.25) is 0 Å². The molecule has 0 aliphatic rings. The van der Waals surface area contributed by atoms with Crippen LogP contribution < -0.4 is 5.32 Å². The van der Waals surface area contributed by atoms with Gasteiger partial charge < -0.3 is 10.1 Å². The van der Waals surface area contributed by atoms with Crippen LogP contribution >= 0.6 is 0 Å². The summed E-state index contributed by atoms with van der Waals surface area (Å²) in [5.41, 5.74) is 0. The third kappa shape index (κ3) is 9.19. The van der Waals surface area contributed by atoms with Gasteiger partial charge in [-0.15, -0.1) is 0 Å². The molecule has 5 nitrogen and oxygen atoms in total. The maximum atomic E-state index is 11.3. The Morgan fingerprint density at radius 1 is 1.60 bits per heavy atom. The number of likely N-dealkylation sites (N-methyl/N-ethyl adjacent to an activating group) is 1. The van der Waals surface area contributed by atoms with Gasteiger partial charge in [-0.2, -0.15) is 5.26 Å². The molecule has 5 heteroatoms. The minimum Gasteiger partial charge on any atom is -0.385 e. The first-order valence-corrected chi connectivity index (χ1v) is 5.01. The van der Waals surface area contributed by atoms with Gasteiger partial charge in [-0.1, -0.05) is 0 Å². The maximum Gasteiger partial charge on any atom is 0.234 e. The fraction of sp³-hybridized carbons (Fsp3) is 0.800. The number of carbonyl (C=O) groups excluding carboxylic acids is 1. The molecule has 1 N–H and O–H groups in total. The van der Waals surface area contributed by atoms with E-state index >= 15 is 0 Å². The summed E-state index contributed by atoms with van der Waals surface area (Å²) in [5, 5.41) is 11.1. The van der Waals surface area contributed by atoms with Crippen LogP contribution in [0.25, 0.3) is 0 Å². The Labute approximate surface area is 91.0 Å². The lowest BCUT2D eigenvalue weighted by molar-refractivity contribution is -0.121. The predicted molar refractivity (Wildman–Crippen MR) is 57.2 cm³/mol. The number of methoxy groups -OCH3 is 1. The van der Waals surface area contributed by atoms with Crippen LogP contribution in [0.3, 0.4) is 0 Å². The van der Waals surface area contributed by atoms with Gasteiger partial charge in [0.05, 0.1) is 12.6 Å². The summed E-state index contributed by atoms with van der Waals surface area (Å²) in [4.78, 5) is 13.1. The molecule has 0 rings (SSSR count). The van der Waals surface area contributed by atoms with Gasteiger partial charge in [-0.3, -0.25) is 9.69 Å². The highest BCUT2D eigenvalue weighted by Gasteiger charge is 2.04. The molecule has 0 aliphatic heterocycles. The fourth-order valence-electron chi connectivity index (χ4n) is 1.07. The van der Waals surface area contributed by atoms with E-state index in [0.717, 1.165) is 6.42 Å². The molecule has 0 bridgehead atoms. The maximum absolute atomic E-state index is 11.3. The highest BCUT2D eigenvalue weighted by atomic mass is 16.5. The van der Waals surface area contributed by atoms with Crippen molar-refractivity contribution >= 4 is 5.91 Å². The average molecular weight is 213 g/mol. The predicted octanol–water partition coefficient (Wildman–Crippen LogP) is -0.0154. The zero-order valence-electron chi connectivity index (χ0n) is 9.45. The van der Waals surface area contributed by atoms with Crippen molar-refractivity contribution in [2.45, 2.75) is 12.8 Å². The van der Waals surface area contributed by atoms with E-state index in [0.29, 0.717) is 32.7 Å². The molecule has 0 spiro atoms. The standard InChI is InChI=1S/C10H19N3O2/c1-13(7-3-5-11)9-10(14)12-6-4-8-15-2/h3-4,6-9H2,1-2H3,(H,12,14). The van der Waals surface area contributed by atoms with Gasteiger partial charge in [0.1, 0.15) is 0 Å². The van der Waals surface area contributed by atoms with E-state index in [-0.39, 0.29) is 5.91 Å². The van der Waals surface area contributed by atoms with Gasteiger partial charge in [-0.25, -0.2) is 0 Å². The lowest BCUT2D eigenvalue weighted by Crippen LogP contribution is -2.36. The number of nitrogens with one attached hydrogen (secondary N) is 1. The molecule has 0 aliphatic carbocycles. The Bertz CT molecular complexity index is 213. The topological polar surface area (TPSA) is 65.4 Å². The minimum atomic E-state index is -0.00783. The molecule has 0 saturated heterocycles. The molecule has 0 heterocycles. The largest absolute Gasteiger partial charge is 0.385 e. The molecule has 0 aromatic rings. The summed E-state index contributed by atoms with van der Waals surface area (Å²) in [7, 11) is 3.46. The van der Waals surface area contributed by atoms with Crippen LogP contribution in [-0.4, -0.2) is 51.2 Å². The number of rotatable bonds is 8. The van der Waals surface area contributed by atoms with Crippen molar-refractivity contribution in [2.75, 3.05) is 40.4 Å². The summed E-state index contributed by atoms with van der Waals surface area (Å²) in [6.07, 6.45) is 1.28. The Hall–Kier alpha value is -1.12. The van der Waals surface area contributed by atoms with Gasteiger partial charge in [0.2, 0.25) is 5.91 Å². The molecule has 15 heavy (non-hydrogen) atoms. The lowest BCUT2D eigenvalue weighted by Gasteiger charge is -2.14. The number of carbonyl (C=O) groups is 1. The lowest BCUT2D eigenvalue weighted by atomic mass is 10.4. The number of hydrogen-bond donors (Lipinski definition) is 1. The van der Waals surface area contributed by atoms with Crippen LogP contribution in [0.4, 0.5) is 0 Å². The van der Waals surface area contributed by atoms with Crippen molar-refractivity contribution in [3.63, 3.8) is 0 Å². The van der Waals surface area contributed by atoms with Crippen LogP contribution in [0.1, 0.15) is 12.8 Å². The first-order valence-electron chi connectivity index (χ1n) is 5.01. The van der Waals surface area contributed by atoms with Crippen molar-refractivity contribution < 1.29 is 9.53 Å². The normalized spacial score (nSPS) is 10.0. The van der Waals surface area contributed by atoms with E-state index in [1.165, 1.54) is 0 Å². The van der Waals surface area contributed by atoms with Crippen LogP contribution in [0.5, 0.6) is 0 Å². The molecular formula is C10H19N3O2. The Morgan fingerprint density at radius 3 is 2.93 bits per heavy atom. The first kappa shape index (κ1) is 13.9. The van der Waals surface area contributed by atoms with Crippen LogP contribution in [0, 0.1) is 11.3 Å². The summed E-state index contributed by atoms with van der Waals surface area (Å²) in [6, 6.07) is 2.04. The molecule has 0 fully saturated rings. The average Bonchev–Trinajstić information content (AvgIpc) is 2.21. The molecule has 0 atom stereocenters. The van der Waals surface area contributed by atoms with Crippen LogP contribution in [0.15, 0.2) is 0 Å². The molecule has 0 radical (unpaired) electrons. The molecule has 0 saturated carbocycles. The SMILES string of the molecule is COCCCNC(=O)CN(C)CCC#N. The van der Waals surface area contributed by atoms with Gasteiger partial charge in [0.25, 0.3) is 0 Å². The number of hydrogen-bond acceptors (Lipinski definition) is 4. The van der Waals surface area contributed by atoms with E-state index in [2.05, 4.69) is 5.32 Å². The molecule has 86 valence electrons. The van der Waals surface area contributed by atoms with E-state index in [9.17, 15) is 4.79 Å². The van der Waals surface area contributed by atoms with Crippen molar-refractivity contribution in [1.82, 2.24) is 10.2 Å². The smallest absolute Gasteiger partial charge is 0.234 e. The first-order chi connectivity index (χ1) is 7.20. The second-order valence-electron chi connectivity index (χ2n) is 3.34. The quantitative estimate of drug-likeness (QED) is 0.576. The van der Waals surface area contributed by atoms with Gasteiger partial charge in [-0.05, 0) is 13.5 Å². The summed E-state index contributed by atoms with van der Waals surface area (Å²) in [6.45, 7) is 2.26. The Kier molecular flexibility index (Phi) is 8.73. The van der Waals surface area contributed by atoms with Crippen molar-refractivity contribution in [1.29, 1.82) is 5.26 Å². The zero-order valence-corrected chi connectivity index (χ0v) is 9.45. The van der Waals surface area contributed by atoms with E-state index < -0.39 is 0 Å². The minimum absolute atomic E-state index is 0.00783. The van der Waals surface area contributed by atoms with Crippen molar-refractivity contribution in [2.24, 2.45) is 0 Å². The zero-order chi connectivity index (χ0) is 11.5.